The van der Waals surface area contributed by atoms with E-state index < -0.39 is 5.60 Å². The maximum Gasteiger partial charge on any atom is 0.253 e. The van der Waals surface area contributed by atoms with Gasteiger partial charge in [-0.15, -0.1) is 0 Å². The summed E-state index contributed by atoms with van der Waals surface area (Å²) in [7, 11) is 0. The van der Waals surface area contributed by atoms with Crippen LogP contribution in [-0.4, -0.2) is 32.6 Å². The number of pyridine rings is 2. The molecule has 2 aromatic rings. The number of amides is 1. The van der Waals surface area contributed by atoms with E-state index in [4.69, 9.17) is 0 Å². The van der Waals surface area contributed by atoms with Crippen molar-refractivity contribution in [1.82, 2.24) is 15.3 Å². The molecule has 2 aromatic heterocycles. The number of aliphatic hydroxyl groups is 1. The number of carbonyl (C=O) groups is 1. The third-order valence-electron chi connectivity index (χ3n) is 4.81. The molecule has 2 N–H and O–H groups in total. The largest absolute Gasteiger partial charge is 0.390 e. The van der Waals surface area contributed by atoms with Crippen molar-refractivity contribution in [2.75, 3.05) is 0 Å². The van der Waals surface area contributed by atoms with E-state index in [0.717, 1.165) is 36.6 Å². The van der Waals surface area contributed by atoms with Crippen molar-refractivity contribution in [3.63, 3.8) is 0 Å². The average molecular weight is 313 g/mol. The molecule has 2 heterocycles. The third kappa shape index (κ3) is 3.67. The number of rotatable bonds is 3. The Morgan fingerprint density at radius 1 is 1.26 bits per heavy atom. The SMILES string of the molecule is CC(C)(O)C1CCC(NC(=O)c2cnc3ccncc3c2)CC1. The van der Waals surface area contributed by atoms with E-state index in [9.17, 15) is 9.90 Å². The summed E-state index contributed by atoms with van der Waals surface area (Å²) in [5.41, 5.74) is 0.766. The van der Waals surface area contributed by atoms with Gasteiger partial charge in [-0.1, -0.05) is 0 Å². The first-order valence-corrected chi connectivity index (χ1v) is 8.16. The van der Waals surface area contributed by atoms with E-state index in [1.165, 1.54) is 0 Å². The van der Waals surface area contributed by atoms with Gasteiger partial charge in [0.1, 0.15) is 0 Å². The minimum Gasteiger partial charge on any atom is -0.390 e. The van der Waals surface area contributed by atoms with Crippen LogP contribution in [0.1, 0.15) is 49.9 Å². The van der Waals surface area contributed by atoms with Crippen molar-refractivity contribution in [3.8, 4) is 0 Å². The van der Waals surface area contributed by atoms with E-state index in [1.807, 2.05) is 26.0 Å². The minimum atomic E-state index is -0.635. The Morgan fingerprint density at radius 2 is 2.00 bits per heavy atom. The van der Waals surface area contributed by atoms with E-state index in [1.54, 1.807) is 18.6 Å². The fourth-order valence-electron chi connectivity index (χ4n) is 3.31. The molecule has 23 heavy (non-hydrogen) atoms. The van der Waals surface area contributed by atoms with E-state index in [2.05, 4.69) is 15.3 Å². The Balaban J connectivity index is 1.63. The van der Waals surface area contributed by atoms with Crippen LogP contribution in [0.3, 0.4) is 0 Å². The molecule has 0 aliphatic heterocycles. The summed E-state index contributed by atoms with van der Waals surface area (Å²) in [6.07, 6.45) is 8.71. The molecule has 1 aliphatic rings. The van der Waals surface area contributed by atoms with E-state index in [0.29, 0.717) is 11.5 Å². The summed E-state index contributed by atoms with van der Waals surface area (Å²) in [6.45, 7) is 3.73. The van der Waals surface area contributed by atoms with Crippen LogP contribution in [0.5, 0.6) is 0 Å². The molecule has 0 saturated heterocycles. The van der Waals surface area contributed by atoms with Crippen LogP contribution in [0, 0.1) is 5.92 Å². The second-order valence-corrected chi connectivity index (χ2v) is 6.97. The van der Waals surface area contributed by atoms with Crippen LogP contribution in [0.15, 0.2) is 30.7 Å². The summed E-state index contributed by atoms with van der Waals surface area (Å²) >= 11 is 0. The maximum atomic E-state index is 12.4. The summed E-state index contributed by atoms with van der Waals surface area (Å²) < 4.78 is 0. The molecule has 0 spiro atoms. The topological polar surface area (TPSA) is 75.1 Å². The molecule has 1 fully saturated rings. The number of fused-ring (bicyclic) bond motifs is 1. The quantitative estimate of drug-likeness (QED) is 0.913. The van der Waals surface area contributed by atoms with Gasteiger partial charge in [-0.3, -0.25) is 14.8 Å². The second kappa shape index (κ2) is 6.24. The van der Waals surface area contributed by atoms with Gasteiger partial charge in [-0.25, -0.2) is 0 Å². The molecule has 0 aromatic carbocycles. The van der Waals surface area contributed by atoms with Gasteiger partial charge in [0.25, 0.3) is 5.91 Å². The van der Waals surface area contributed by atoms with Gasteiger partial charge in [0.05, 0.1) is 16.7 Å². The molecule has 1 aliphatic carbocycles. The number of aromatic nitrogens is 2. The van der Waals surface area contributed by atoms with Gasteiger partial charge < -0.3 is 10.4 Å². The van der Waals surface area contributed by atoms with Gasteiger partial charge in [-0.2, -0.15) is 0 Å². The van der Waals surface area contributed by atoms with Crippen molar-refractivity contribution in [1.29, 1.82) is 0 Å². The number of nitrogens with one attached hydrogen (secondary N) is 1. The van der Waals surface area contributed by atoms with Crippen LogP contribution in [-0.2, 0) is 0 Å². The standard InChI is InChI=1S/C18H23N3O2/c1-18(2,23)14-3-5-15(6-4-14)21-17(22)13-9-12-10-19-8-7-16(12)20-11-13/h7-11,14-15,23H,3-6H2,1-2H3,(H,21,22). The zero-order valence-corrected chi connectivity index (χ0v) is 13.6. The Labute approximate surface area is 136 Å². The van der Waals surface area contributed by atoms with Crippen LogP contribution in [0.2, 0.25) is 0 Å². The first kappa shape index (κ1) is 15.9. The third-order valence-corrected chi connectivity index (χ3v) is 4.81. The van der Waals surface area contributed by atoms with Crippen molar-refractivity contribution < 1.29 is 9.90 Å². The molecule has 5 heteroatoms. The highest BCUT2D eigenvalue weighted by molar-refractivity contribution is 5.97. The lowest BCUT2D eigenvalue weighted by Crippen LogP contribution is -2.41. The smallest absolute Gasteiger partial charge is 0.253 e. The molecule has 0 radical (unpaired) electrons. The van der Waals surface area contributed by atoms with Crippen molar-refractivity contribution in [2.24, 2.45) is 5.92 Å². The predicted molar refractivity (Wildman–Crippen MR) is 89.0 cm³/mol. The van der Waals surface area contributed by atoms with Gasteiger partial charge in [-0.05, 0) is 57.6 Å². The molecule has 122 valence electrons. The summed E-state index contributed by atoms with van der Waals surface area (Å²) in [5.74, 6) is 0.221. The van der Waals surface area contributed by atoms with E-state index >= 15 is 0 Å². The van der Waals surface area contributed by atoms with Crippen LogP contribution < -0.4 is 5.32 Å². The number of hydrogen-bond acceptors (Lipinski definition) is 4. The number of nitrogens with zero attached hydrogens (tertiary/aromatic N) is 2. The minimum absolute atomic E-state index is 0.0880. The molecule has 0 atom stereocenters. The average Bonchev–Trinajstić information content (AvgIpc) is 2.54. The highest BCUT2D eigenvalue weighted by atomic mass is 16.3. The van der Waals surface area contributed by atoms with Gasteiger partial charge >= 0.3 is 0 Å². The summed E-state index contributed by atoms with van der Waals surface area (Å²) in [4.78, 5) is 20.8. The fourth-order valence-corrected chi connectivity index (χ4v) is 3.31. The predicted octanol–water partition coefficient (Wildman–Crippen LogP) is 2.69. The summed E-state index contributed by atoms with van der Waals surface area (Å²) in [5, 5.41) is 14.0. The lowest BCUT2D eigenvalue weighted by Gasteiger charge is -2.36. The molecular formula is C18H23N3O2. The lowest BCUT2D eigenvalue weighted by atomic mass is 9.77. The van der Waals surface area contributed by atoms with Crippen LogP contribution in [0.25, 0.3) is 10.9 Å². The Kier molecular flexibility index (Phi) is 4.31. The first-order chi connectivity index (χ1) is 10.9. The van der Waals surface area contributed by atoms with Gasteiger partial charge in [0, 0.05) is 30.0 Å². The Morgan fingerprint density at radius 3 is 2.70 bits per heavy atom. The molecule has 5 nitrogen and oxygen atoms in total. The van der Waals surface area contributed by atoms with Gasteiger partial charge in [0.15, 0.2) is 0 Å². The number of carbonyl (C=O) groups excluding carboxylic acids is 1. The molecule has 1 amide bonds. The highest BCUT2D eigenvalue weighted by Gasteiger charge is 2.31. The molecule has 3 rings (SSSR count). The molecule has 0 bridgehead atoms. The van der Waals surface area contributed by atoms with Crippen molar-refractivity contribution >= 4 is 16.8 Å². The first-order valence-electron chi connectivity index (χ1n) is 8.16. The number of hydrogen-bond donors (Lipinski definition) is 2. The maximum absolute atomic E-state index is 12.4. The van der Waals surface area contributed by atoms with Gasteiger partial charge in [0.2, 0.25) is 0 Å². The van der Waals surface area contributed by atoms with Crippen LogP contribution >= 0.6 is 0 Å². The molecule has 1 saturated carbocycles. The van der Waals surface area contributed by atoms with Crippen LogP contribution in [0.4, 0.5) is 0 Å². The molecule has 0 unspecified atom stereocenters. The monoisotopic (exact) mass is 313 g/mol. The Hall–Kier alpha value is -2.01. The second-order valence-electron chi connectivity index (χ2n) is 6.97. The summed E-state index contributed by atoms with van der Waals surface area (Å²) in [6, 6.07) is 3.83. The zero-order valence-electron chi connectivity index (χ0n) is 13.6. The lowest BCUT2D eigenvalue weighted by molar-refractivity contribution is -0.00257. The van der Waals surface area contributed by atoms with Crippen molar-refractivity contribution in [3.05, 3.63) is 36.3 Å². The van der Waals surface area contributed by atoms with E-state index in [-0.39, 0.29) is 11.9 Å². The Bertz CT molecular complexity index is 701. The van der Waals surface area contributed by atoms with Crippen molar-refractivity contribution in [2.45, 2.75) is 51.2 Å². The normalized spacial score (nSPS) is 22.0. The molecular weight excluding hydrogens is 290 g/mol. The highest BCUT2D eigenvalue weighted by Crippen LogP contribution is 2.32. The zero-order chi connectivity index (χ0) is 16.4. The fraction of sp³-hybridized carbons (Fsp3) is 0.500.